The summed E-state index contributed by atoms with van der Waals surface area (Å²) in [4.78, 5) is 11.4. The van der Waals surface area contributed by atoms with Gasteiger partial charge in [-0.2, -0.15) is 0 Å². The Morgan fingerprint density at radius 3 is 2.64 bits per heavy atom. The van der Waals surface area contributed by atoms with Gasteiger partial charge in [-0.05, 0) is 39.7 Å². The number of ether oxygens (including phenoxy) is 2. The topological polar surface area (TPSA) is 35.5 Å². The average molecular weight is 198 g/mol. The summed E-state index contributed by atoms with van der Waals surface area (Å²) in [7, 11) is 0. The van der Waals surface area contributed by atoms with Crippen molar-refractivity contribution >= 4 is 5.97 Å². The third kappa shape index (κ3) is 2.35. The lowest BCUT2D eigenvalue weighted by molar-refractivity contribution is -0.138. The van der Waals surface area contributed by atoms with Crippen LogP contribution in [0.5, 0.6) is 0 Å². The molecule has 2 atom stereocenters. The molecule has 1 heterocycles. The minimum absolute atomic E-state index is 0.0504. The van der Waals surface area contributed by atoms with Crippen molar-refractivity contribution < 1.29 is 14.3 Å². The fourth-order valence-electron chi connectivity index (χ4n) is 1.78. The van der Waals surface area contributed by atoms with Crippen LogP contribution in [0, 0.1) is 0 Å². The van der Waals surface area contributed by atoms with Crippen molar-refractivity contribution in [2.75, 3.05) is 6.61 Å². The smallest absolute Gasteiger partial charge is 0.333 e. The van der Waals surface area contributed by atoms with E-state index in [9.17, 15) is 4.79 Å². The van der Waals surface area contributed by atoms with Gasteiger partial charge in [-0.25, -0.2) is 4.79 Å². The van der Waals surface area contributed by atoms with Gasteiger partial charge in [-0.1, -0.05) is 0 Å². The van der Waals surface area contributed by atoms with Crippen molar-refractivity contribution in [3.63, 3.8) is 0 Å². The number of hydrogen-bond acceptors (Lipinski definition) is 3. The predicted molar refractivity (Wildman–Crippen MR) is 54.0 cm³/mol. The maximum absolute atomic E-state index is 11.4. The molecule has 0 aliphatic carbocycles. The highest BCUT2D eigenvalue weighted by Gasteiger charge is 2.27. The molecule has 1 fully saturated rings. The van der Waals surface area contributed by atoms with Crippen molar-refractivity contribution in [3.8, 4) is 0 Å². The van der Waals surface area contributed by atoms with Crippen molar-refractivity contribution in [2.24, 2.45) is 0 Å². The van der Waals surface area contributed by atoms with E-state index in [0.717, 1.165) is 12.0 Å². The summed E-state index contributed by atoms with van der Waals surface area (Å²) in [6.07, 6.45) is 1.10. The second kappa shape index (κ2) is 4.60. The van der Waals surface area contributed by atoms with E-state index in [1.54, 1.807) is 0 Å². The monoisotopic (exact) mass is 198 g/mol. The summed E-state index contributed by atoms with van der Waals surface area (Å²) < 4.78 is 10.5. The minimum Gasteiger partial charge on any atom is -0.463 e. The highest BCUT2D eigenvalue weighted by atomic mass is 16.5. The zero-order valence-corrected chi connectivity index (χ0v) is 9.29. The summed E-state index contributed by atoms with van der Waals surface area (Å²) >= 11 is 0. The second-order valence-electron chi connectivity index (χ2n) is 3.66. The van der Waals surface area contributed by atoms with E-state index in [4.69, 9.17) is 9.47 Å². The molecule has 0 amide bonds. The van der Waals surface area contributed by atoms with Crippen LogP contribution in [0.4, 0.5) is 0 Å². The number of esters is 1. The first kappa shape index (κ1) is 11.2. The zero-order chi connectivity index (χ0) is 10.7. The van der Waals surface area contributed by atoms with Gasteiger partial charge < -0.3 is 9.47 Å². The standard InChI is InChI=1S/C11H18O3/c1-5-13-11(12)8(3)10-6-7(2)14-9(10)4/h7,9H,5-6H2,1-4H3/b10-8+. The molecule has 14 heavy (non-hydrogen) atoms. The van der Waals surface area contributed by atoms with Crippen molar-refractivity contribution in [1.82, 2.24) is 0 Å². The van der Waals surface area contributed by atoms with Crippen LogP contribution >= 0.6 is 0 Å². The quantitative estimate of drug-likeness (QED) is 0.503. The Bertz CT molecular complexity index is 255. The number of hydrogen-bond donors (Lipinski definition) is 0. The molecule has 1 rings (SSSR count). The first-order valence-electron chi connectivity index (χ1n) is 5.08. The third-order valence-electron chi connectivity index (χ3n) is 2.50. The molecule has 0 N–H and O–H groups in total. The largest absolute Gasteiger partial charge is 0.463 e. The van der Waals surface area contributed by atoms with Crippen LogP contribution in [0.25, 0.3) is 0 Å². The van der Waals surface area contributed by atoms with Crippen LogP contribution in [0.15, 0.2) is 11.1 Å². The summed E-state index contributed by atoms with van der Waals surface area (Å²) in [5, 5.41) is 0. The van der Waals surface area contributed by atoms with Gasteiger partial charge in [0.25, 0.3) is 0 Å². The van der Waals surface area contributed by atoms with Crippen LogP contribution < -0.4 is 0 Å². The van der Waals surface area contributed by atoms with E-state index >= 15 is 0 Å². The molecule has 0 spiro atoms. The molecular formula is C11H18O3. The lowest BCUT2D eigenvalue weighted by Crippen LogP contribution is -2.11. The molecule has 0 radical (unpaired) electrons. The van der Waals surface area contributed by atoms with Gasteiger partial charge in [-0.15, -0.1) is 0 Å². The van der Waals surface area contributed by atoms with E-state index in [1.165, 1.54) is 0 Å². The van der Waals surface area contributed by atoms with Crippen LogP contribution in [0.2, 0.25) is 0 Å². The Morgan fingerprint density at radius 2 is 2.21 bits per heavy atom. The van der Waals surface area contributed by atoms with Gasteiger partial charge in [0.2, 0.25) is 0 Å². The lowest BCUT2D eigenvalue weighted by Gasteiger charge is -2.08. The Kier molecular flexibility index (Phi) is 3.69. The minimum atomic E-state index is -0.216. The molecular weight excluding hydrogens is 180 g/mol. The van der Waals surface area contributed by atoms with Crippen molar-refractivity contribution in [1.29, 1.82) is 0 Å². The summed E-state index contributed by atoms with van der Waals surface area (Å²) in [6, 6.07) is 0. The Labute approximate surface area is 85.1 Å². The van der Waals surface area contributed by atoms with Crippen LogP contribution in [0.1, 0.15) is 34.1 Å². The first-order chi connectivity index (χ1) is 6.56. The first-order valence-corrected chi connectivity index (χ1v) is 5.08. The zero-order valence-electron chi connectivity index (χ0n) is 9.29. The van der Waals surface area contributed by atoms with E-state index in [0.29, 0.717) is 12.2 Å². The SMILES string of the molecule is CCOC(=O)/C(C)=C1\CC(C)OC1C. The molecule has 1 aliphatic heterocycles. The van der Waals surface area contributed by atoms with E-state index in [-0.39, 0.29) is 18.2 Å². The number of rotatable bonds is 2. The maximum Gasteiger partial charge on any atom is 0.333 e. The van der Waals surface area contributed by atoms with Crippen LogP contribution in [0.3, 0.4) is 0 Å². The molecule has 0 aromatic carbocycles. The maximum atomic E-state index is 11.4. The third-order valence-corrected chi connectivity index (χ3v) is 2.50. The highest BCUT2D eigenvalue weighted by molar-refractivity contribution is 5.88. The molecule has 3 heteroatoms. The van der Waals surface area contributed by atoms with Gasteiger partial charge in [-0.3, -0.25) is 0 Å². The Morgan fingerprint density at radius 1 is 1.57 bits per heavy atom. The summed E-state index contributed by atoms with van der Waals surface area (Å²) in [5.74, 6) is -0.216. The van der Waals surface area contributed by atoms with Gasteiger partial charge in [0, 0.05) is 5.57 Å². The molecule has 0 saturated carbocycles. The van der Waals surface area contributed by atoms with Crippen LogP contribution in [-0.4, -0.2) is 24.8 Å². The van der Waals surface area contributed by atoms with Gasteiger partial charge >= 0.3 is 5.97 Å². The number of carbonyl (C=O) groups is 1. The van der Waals surface area contributed by atoms with Crippen molar-refractivity contribution in [2.45, 2.75) is 46.3 Å². The summed E-state index contributed by atoms with van der Waals surface area (Å²) in [5.41, 5.74) is 1.79. The predicted octanol–water partition coefficient (Wildman–Crippen LogP) is 2.06. The van der Waals surface area contributed by atoms with E-state index in [2.05, 4.69) is 0 Å². The molecule has 80 valence electrons. The fourth-order valence-corrected chi connectivity index (χ4v) is 1.78. The molecule has 0 bridgehead atoms. The number of carbonyl (C=O) groups excluding carboxylic acids is 1. The molecule has 2 unspecified atom stereocenters. The Balaban J connectivity index is 2.77. The Hall–Kier alpha value is -0.830. The second-order valence-corrected chi connectivity index (χ2v) is 3.66. The molecule has 1 saturated heterocycles. The molecule has 1 aliphatic rings. The normalized spacial score (nSPS) is 30.3. The van der Waals surface area contributed by atoms with Gasteiger partial charge in [0.05, 0.1) is 18.8 Å². The van der Waals surface area contributed by atoms with E-state index < -0.39 is 0 Å². The molecule has 0 aromatic rings. The fraction of sp³-hybridized carbons (Fsp3) is 0.727. The van der Waals surface area contributed by atoms with Gasteiger partial charge in [0.15, 0.2) is 0 Å². The van der Waals surface area contributed by atoms with Gasteiger partial charge in [0.1, 0.15) is 0 Å². The van der Waals surface area contributed by atoms with Crippen molar-refractivity contribution in [3.05, 3.63) is 11.1 Å². The molecule has 3 nitrogen and oxygen atoms in total. The highest BCUT2D eigenvalue weighted by Crippen LogP contribution is 2.28. The summed E-state index contributed by atoms with van der Waals surface area (Å²) in [6.45, 7) is 8.04. The van der Waals surface area contributed by atoms with E-state index in [1.807, 2.05) is 27.7 Å². The lowest BCUT2D eigenvalue weighted by atomic mass is 10.0. The average Bonchev–Trinajstić information content (AvgIpc) is 2.44. The molecule has 0 aromatic heterocycles. The van der Waals surface area contributed by atoms with Crippen LogP contribution in [-0.2, 0) is 14.3 Å².